The summed E-state index contributed by atoms with van der Waals surface area (Å²) >= 11 is 0. The lowest BCUT2D eigenvalue weighted by atomic mass is 10.2. The zero-order valence-corrected chi connectivity index (χ0v) is 9.09. The summed E-state index contributed by atoms with van der Waals surface area (Å²) in [6.45, 7) is 7.99. The minimum atomic E-state index is -0.471. The highest BCUT2D eigenvalue weighted by Crippen LogP contribution is 2.09. The van der Waals surface area contributed by atoms with Crippen molar-refractivity contribution in [2.75, 3.05) is 13.7 Å². The number of carbonyl (C=O) groups is 1. The van der Waals surface area contributed by atoms with Crippen molar-refractivity contribution in [2.24, 2.45) is 0 Å². The van der Waals surface area contributed by atoms with E-state index in [1.165, 1.54) is 12.2 Å². The first-order valence-corrected chi connectivity index (χ1v) is 4.45. The van der Waals surface area contributed by atoms with Crippen molar-refractivity contribution >= 4 is 6.09 Å². The standard InChI is InChI=1S/C9H19NO3/c1-6-7-10(12-5)8(11)13-9(2,3)4/h6-7H2,1-5H3. The molecule has 0 N–H and O–H groups in total. The monoisotopic (exact) mass is 189 g/mol. The Morgan fingerprint density at radius 3 is 2.23 bits per heavy atom. The number of nitrogens with zero attached hydrogens (tertiary/aromatic N) is 1. The van der Waals surface area contributed by atoms with Crippen LogP contribution in [0.2, 0.25) is 0 Å². The van der Waals surface area contributed by atoms with Crippen LogP contribution in [0.5, 0.6) is 0 Å². The second-order valence-electron chi connectivity index (χ2n) is 3.77. The number of hydrogen-bond donors (Lipinski definition) is 0. The van der Waals surface area contributed by atoms with Crippen molar-refractivity contribution in [1.29, 1.82) is 0 Å². The van der Waals surface area contributed by atoms with Gasteiger partial charge in [-0.3, -0.25) is 4.84 Å². The van der Waals surface area contributed by atoms with E-state index in [2.05, 4.69) is 0 Å². The molecular weight excluding hydrogens is 170 g/mol. The highest BCUT2D eigenvalue weighted by atomic mass is 16.7. The predicted octanol–water partition coefficient (Wildman–Crippen LogP) is 2.19. The molecule has 0 fully saturated rings. The van der Waals surface area contributed by atoms with Gasteiger partial charge in [0.25, 0.3) is 0 Å². The van der Waals surface area contributed by atoms with Crippen molar-refractivity contribution in [3.63, 3.8) is 0 Å². The molecule has 4 nitrogen and oxygen atoms in total. The summed E-state index contributed by atoms with van der Waals surface area (Å²) in [6, 6.07) is 0. The van der Waals surface area contributed by atoms with E-state index in [-0.39, 0.29) is 0 Å². The van der Waals surface area contributed by atoms with Crippen LogP contribution in [-0.4, -0.2) is 30.4 Å². The lowest BCUT2D eigenvalue weighted by Gasteiger charge is -2.25. The molecule has 0 aromatic heterocycles. The molecule has 0 spiro atoms. The molecule has 0 aromatic carbocycles. The number of rotatable bonds is 3. The summed E-state index contributed by atoms with van der Waals surface area (Å²) in [5, 5.41) is 1.21. The molecule has 0 unspecified atom stereocenters. The SMILES string of the molecule is CCCN(OC)C(=O)OC(C)(C)C. The Balaban J connectivity index is 4.06. The molecule has 78 valence electrons. The van der Waals surface area contributed by atoms with Gasteiger partial charge in [-0.15, -0.1) is 0 Å². The van der Waals surface area contributed by atoms with Crippen molar-refractivity contribution in [3.05, 3.63) is 0 Å². The Kier molecular flexibility index (Phi) is 4.77. The molecule has 0 aliphatic carbocycles. The summed E-state index contributed by atoms with van der Waals surface area (Å²) < 4.78 is 5.11. The van der Waals surface area contributed by atoms with E-state index in [0.717, 1.165) is 6.42 Å². The van der Waals surface area contributed by atoms with Gasteiger partial charge in [0.15, 0.2) is 0 Å². The van der Waals surface area contributed by atoms with E-state index in [1.807, 2.05) is 27.7 Å². The van der Waals surface area contributed by atoms with Gasteiger partial charge in [0.2, 0.25) is 0 Å². The van der Waals surface area contributed by atoms with Crippen LogP contribution in [0.4, 0.5) is 4.79 Å². The minimum absolute atomic E-state index is 0.433. The second kappa shape index (κ2) is 5.07. The Morgan fingerprint density at radius 1 is 1.38 bits per heavy atom. The molecule has 0 aliphatic rings. The molecule has 0 saturated heterocycles. The van der Waals surface area contributed by atoms with E-state index in [0.29, 0.717) is 6.54 Å². The Bertz CT molecular complexity index is 163. The van der Waals surface area contributed by atoms with Crippen LogP contribution in [0.25, 0.3) is 0 Å². The van der Waals surface area contributed by atoms with Crippen LogP contribution in [0.3, 0.4) is 0 Å². The van der Waals surface area contributed by atoms with Gasteiger partial charge in [-0.05, 0) is 27.2 Å². The number of carbonyl (C=O) groups excluding carboxylic acids is 1. The largest absolute Gasteiger partial charge is 0.442 e. The normalized spacial score (nSPS) is 11.2. The third kappa shape index (κ3) is 5.47. The van der Waals surface area contributed by atoms with Gasteiger partial charge in [-0.25, -0.2) is 4.79 Å². The fourth-order valence-corrected chi connectivity index (χ4v) is 0.773. The van der Waals surface area contributed by atoms with Gasteiger partial charge in [0, 0.05) is 0 Å². The van der Waals surface area contributed by atoms with Crippen molar-refractivity contribution in [1.82, 2.24) is 5.06 Å². The summed E-state index contributed by atoms with van der Waals surface area (Å²) in [5.41, 5.74) is -0.471. The summed E-state index contributed by atoms with van der Waals surface area (Å²) in [6.07, 6.45) is 0.407. The number of ether oxygens (including phenoxy) is 1. The van der Waals surface area contributed by atoms with Gasteiger partial charge in [-0.1, -0.05) is 6.92 Å². The molecule has 0 atom stereocenters. The topological polar surface area (TPSA) is 38.8 Å². The molecule has 0 bridgehead atoms. The van der Waals surface area contributed by atoms with E-state index in [4.69, 9.17) is 9.57 Å². The fraction of sp³-hybridized carbons (Fsp3) is 0.889. The maximum atomic E-state index is 11.4. The first-order chi connectivity index (χ1) is 5.90. The van der Waals surface area contributed by atoms with Gasteiger partial charge in [0.1, 0.15) is 5.60 Å². The molecule has 0 rings (SSSR count). The maximum Gasteiger partial charge on any atom is 0.434 e. The molecule has 1 amide bonds. The number of hydroxylamine groups is 2. The van der Waals surface area contributed by atoms with Crippen LogP contribution >= 0.6 is 0 Å². The Hall–Kier alpha value is -0.770. The van der Waals surface area contributed by atoms with E-state index in [9.17, 15) is 4.79 Å². The third-order valence-electron chi connectivity index (χ3n) is 1.24. The maximum absolute atomic E-state index is 11.4. The average molecular weight is 189 g/mol. The summed E-state index contributed by atoms with van der Waals surface area (Å²) in [5.74, 6) is 0. The van der Waals surface area contributed by atoms with Crippen LogP contribution < -0.4 is 0 Å². The second-order valence-corrected chi connectivity index (χ2v) is 3.77. The zero-order valence-electron chi connectivity index (χ0n) is 9.09. The molecule has 0 radical (unpaired) electrons. The minimum Gasteiger partial charge on any atom is -0.442 e. The van der Waals surface area contributed by atoms with Gasteiger partial charge < -0.3 is 4.74 Å². The van der Waals surface area contributed by atoms with Crippen LogP contribution in [0, 0.1) is 0 Å². The van der Waals surface area contributed by atoms with Crippen molar-refractivity contribution in [3.8, 4) is 0 Å². The summed E-state index contributed by atoms with van der Waals surface area (Å²) in [7, 11) is 1.46. The molecule has 4 heteroatoms. The lowest BCUT2D eigenvalue weighted by molar-refractivity contribution is -0.123. The molecule has 0 saturated carbocycles. The fourth-order valence-electron chi connectivity index (χ4n) is 0.773. The van der Waals surface area contributed by atoms with E-state index >= 15 is 0 Å². The zero-order chi connectivity index (χ0) is 10.5. The van der Waals surface area contributed by atoms with Gasteiger partial charge in [-0.2, -0.15) is 5.06 Å². The smallest absolute Gasteiger partial charge is 0.434 e. The molecular formula is C9H19NO3. The molecule has 0 aliphatic heterocycles. The van der Waals surface area contributed by atoms with E-state index in [1.54, 1.807) is 0 Å². The van der Waals surface area contributed by atoms with Gasteiger partial charge in [0.05, 0.1) is 13.7 Å². The van der Waals surface area contributed by atoms with Crippen molar-refractivity contribution < 1.29 is 14.4 Å². The highest BCUT2D eigenvalue weighted by molar-refractivity contribution is 5.66. The number of hydrogen-bond acceptors (Lipinski definition) is 3. The number of amides is 1. The first-order valence-electron chi connectivity index (χ1n) is 4.45. The highest BCUT2D eigenvalue weighted by Gasteiger charge is 2.21. The quantitative estimate of drug-likeness (QED) is 0.639. The molecule has 13 heavy (non-hydrogen) atoms. The molecule has 0 aromatic rings. The Labute approximate surface area is 79.8 Å². The van der Waals surface area contributed by atoms with E-state index < -0.39 is 11.7 Å². The first kappa shape index (κ1) is 12.2. The van der Waals surface area contributed by atoms with Gasteiger partial charge >= 0.3 is 6.09 Å². The van der Waals surface area contributed by atoms with Crippen LogP contribution in [0.1, 0.15) is 34.1 Å². The third-order valence-corrected chi connectivity index (χ3v) is 1.24. The summed E-state index contributed by atoms with van der Waals surface area (Å²) in [4.78, 5) is 16.2. The Morgan fingerprint density at radius 2 is 1.92 bits per heavy atom. The molecule has 0 heterocycles. The van der Waals surface area contributed by atoms with Crippen LogP contribution in [0.15, 0.2) is 0 Å². The van der Waals surface area contributed by atoms with Crippen molar-refractivity contribution in [2.45, 2.75) is 39.7 Å². The van der Waals surface area contributed by atoms with Crippen LogP contribution in [-0.2, 0) is 9.57 Å². The predicted molar refractivity (Wildman–Crippen MR) is 50.2 cm³/mol. The lowest BCUT2D eigenvalue weighted by Crippen LogP contribution is -2.36. The average Bonchev–Trinajstić information content (AvgIpc) is 1.96.